The number of pyridine rings is 1. The van der Waals surface area contributed by atoms with Gasteiger partial charge in [-0.05, 0) is 81.5 Å². The molecule has 5 rings (SSSR count). The number of halogens is 3. The quantitative estimate of drug-likeness (QED) is 0.225. The number of methoxy groups -OCH3 is 1. The maximum absolute atomic E-state index is 13.8. The minimum Gasteiger partial charge on any atom is -0.463 e. The van der Waals surface area contributed by atoms with Crippen molar-refractivity contribution in [1.29, 1.82) is 5.26 Å². The summed E-state index contributed by atoms with van der Waals surface area (Å²) in [6, 6.07) is 13.2. The van der Waals surface area contributed by atoms with Gasteiger partial charge in [0, 0.05) is 23.7 Å². The lowest BCUT2D eigenvalue weighted by Gasteiger charge is -2.15. The number of aromatic nitrogens is 6. The van der Waals surface area contributed by atoms with E-state index in [0.717, 1.165) is 12.1 Å². The topological polar surface area (TPSA) is 143 Å². The van der Waals surface area contributed by atoms with E-state index in [-0.39, 0.29) is 41.1 Å². The fourth-order valence-electron chi connectivity index (χ4n) is 4.84. The molecule has 1 N–H and O–H groups in total. The second kappa shape index (κ2) is 12.8. The molecular weight excluding hydrogens is 603 g/mol. The molecule has 0 aliphatic rings. The summed E-state index contributed by atoms with van der Waals surface area (Å²) >= 11 is 0. The lowest BCUT2D eigenvalue weighted by Crippen LogP contribution is -2.17. The molecule has 236 valence electrons. The number of benzene rings is 2. The number of hydrogen-bond donors (Lipinski definition) is 1. The van der Waals surface area contributed by atoms with E-state index < -0.39 is 17.7 Å². The standard InChI is InChI=1S/C31H28F3N9O3/c1-18-23(27-37-26(29(45)46-4)39-43(27)22-12-10-19(16-35)11-13-22)17-42-28(25(18)20-7-5-8-21(15-20)31(32,33)34)38-30(40-42)36-24(44)9-6-14-41(2)3/h5,7-8,10-13,15,17H,6,9,14H2,1-4H3,(H,36,40,44). The van der Waals surface area contributed by atoms with E-state index in [4.69, 9.17) is 4.74 Å². The van der Waals surface area contributed by atoms with Crippen LogP contribution in [0.25, 0.3) is 33.8 Å². The molecular formula is C31H28F3N9O3. The van der Waals surface area contributed by atoms with E-state index in [9.17, 15) is 28.0 Å². The van der Waals surface area contributed by atoms with Gasteiger partial charge in [0.15, 0.2) is 11.5 Å². The first-order valence-corrected chi connectivity index (χ1v) is 14.0. The lowest BCUT2D eigenvalue weighted by molar-refractivity contribution is -0.137. The summed E-state index contributed by atoms with van der Waals surface area (Å²) in [7, 11) is 4.97. The Balaban J connectivity index is 1.72. The zero-order valence-corrected chi connectivity index (χ0v) is 25.3. The highest BCUT2D eigenvalue weighted by Crippen LogP contribution is 2.38. The molecule has 12 nitrogen and oxygen atoms in total. The molecule has 46 heavy (non-hydrogen) atoms. The minimum atomic E-state index is -4.61. The maximum atomic E-state index is 13.8. The molecule has 3 heterocycles. The SMILES string of the molecule is COC(=O)c1nc(-c2cn3nc(NC(=O)CCCN(C)C)nc3c(-c3cccc(C(F)(F)F)c3)c2C)n(-c2ccc(C#N)cc2)n1. The first-order chi connectivity index (χ1) is 21.9. The number of fused-ring (bicyclic) bond motifs is 1. The summed E-state index contributed by atoms with van der Waals surface area (Å²) in [5.41, 5.74) is 1.43. The third kappa shape index (κ3) is 6.57. The molecule has 0 aliphatic heterocycles. The summed E-state index contributed by atoms with van der Waals surface area (Å²) in [5.74, 6) is -1.30. The highest BCUT2D eigenvalue weighted by Gasteiger charge is 2.31. The zero-order chi connectivity index (χ0) is 33.2. The van der Waals surface area contributed by atoms with Gasteiger partial charge >= 0.3 is 12.1 Å². The van der Waals surface area contributed by atoms with E-state index in [2.05, 4.69) is 25.5 Å². The van der Waals surface area contributed by atoms with Gasteiger partial charge in [0.1, 0.15) is 0 Å². The lowest BCUT2D eigenvalue weighted by atomic mass is 9.96. The molecule has 3 aromatic heterocycles. The Morgan fingerprint density at radius 1 is 1.09 bits per heavy atom. The number of nitriles is 1. The number of hydrogen-bond acceptors (Lipinski definition) is 9. The van der Waals surface area contributed by atoms with Crippen molar-refractivity contribution in [2.75, 3.05) is 33.1 Å². The van der Waals surface area contributed by atoms with E-state index in [1.807, 2.05) is 25.1 Å². The first kappa shape index (κ1) is 31.8. The Morgan fingerprint density at radius 2 is 1.83 bits per heavy atom. The van der Waals surface area contributed by atoms with E-state index in [0.29, 0.717) is 40.9 Å². The number of carbonyl (C=O) groups is 2. The van der Waals surface area contributed by atoms with Crippen LogP contribution in [-0.4, -0.2) is 73.9 Å². The number of nitrogens with zero attached hydrogens (tertiary/aromatic N) is 8. The number of nitrogens with one attached hydrogen (secondary N) is 1. The summed E-state index contributed by atoms with van der Waals surface area (Å²) < 4.78 is 48.9. The fourth-order valence-corrected chi connectivity index (χ4v) is 4.84. The Hall–Kier alpha value is -5.62. The van der Waals surface area contributed by atoms with Crippen LogP contribution in [-0.2, 0) is 15.7 Å². The molecule has 15 heteroatoms. The third-order valence-corrected chi connectivity index (χ3v) is 7.08. The molecule has 1 amide bonds. The predicted octanol–water partition coefficient (Wildman–Crippen LogP) is 4.91. The molecule has 0 fully saturated rings. The molecule has 0 bridgehead atoms. The second-order valence-electron chi connectivity index (χ2n) is 10.6. The van der Waals surface area contributed by atoms with Crippen molar-refractivity contribution >= 4 is 23.5 Å². The van der Waals surface area contributed by atoms with Crippen molar-refractivity contribution in [2.24, 2.45) is 0 Å². The van der Waals surface area contributed by atoms with Crippen molar-refractivity contribution < 1.29 is 27.5 Å². The van der Waals surface area contributed by atoms with E-state index in [1.165, 1.54) is 28.4 Å². The zero-order valence-electron chi connectivity index (χ0n) is 25.3. The molecule has 0 aliphatic carbocycles. The van der Waals surface area contributed by atoms with Crippen LogP contribution in [0.5, 0.6) is 0 Å². The number of alkyl halides is 3. The van der Waals surface area contributed by atoms with Gasteiger partial charge in [-0.15, -0.1) is 10.2 Å². The Kier molecular flexibility index (Phi) is 8.83. The fraction of sp³-hybridized carbons (Fsp3) is 0.258. The van der Waals surface area contributed by atoms with Crippen molar-refractivity contribution in [2.45, 2.75) is 25.9 Å². The van der Waals surface area contributed by atoms with Crippen LogP contribution in [0.15, 0.2) is 54.7 Å². The molecule has 0 spiro atoms. The summed E-state index contributed by atoms with van der Waals surface area (Å²) in [6.07, 6.45) is -2.26. The van der Waals surface area contributed by atoms with Crippen molar-refractivity contribution in [3.8, 4) is 34.3 Å². The van der Waals surface area contributed by atoms with Crippen LogP contribution < -0.4 is 5.32 Å². The van der Waals surface area contributed by atoms with Crippen LogP contribution in [0.4, 0.5) is 19.1 Å². The summed E-state index contributed by atoms with van der Waals surface area (Å²) in [5, 5.41) is 20.7. The van der Waals surface area contributed by atoms with Crippen molar-refractivity contribution in [3.05, 3.63) is 77.2 Å². The molecule has 0 atom stereocenters. The maximum Gasteiger partial charge on any atom is 0.416 e. The molecule has 0 unspecified atom stereocenters. The van der Waals surface area contributed by atoms with Gasteiger partial charge in [-0.25, -0.2) is 19.0 Å². The number of amides is 1. The van der Waals surface area contributed by atoms with Crippen LogP contribution >= 0.6 is 0 Å². The predicted molar refractivity (Wildman–Crippen MR) is 161 cm³/mol. The van der Waals surface area contributed by atoms with E-state index in [1.54, 1.807) is 37.4 Å². The Labute approximate surface area is 261 Å². The van der Waals surface area contributed by atoms with Gasteiger partial charge in [0.05, 0.1) is 30.0 Å². The van der Waals surface area contributed by atoms with Crippen molar-refractivity contribution in [3.63, 3.8) is 0 Å². The van der Waals surface area contributed by atoms with Crippen LogP contribution in [0.1, 0.15) is 40.2 Å². The number of ether oxygens (including phenoxy) is 1. The van der Waals surface area contributed by atoms with Crippen LogP contribution in [0.2, 0.25) is 0 Å². The number of anilines is 1. The normalized spacial score (nSPS) is 11.5. The van der Waals surface area contributed by atoms with E-state index >= 15 is 0 Å². The molecule has 5 aromatic rings. The number of rotatable bonds is 9. The first-order valence-electron chi connectivity index (χ1n) is 14.0. The number of esters is 1. The highest BCUT2D eigenvalue weighted by molar-refractivity contribution is 5.91. The van der Waals surface area contributed by atoms with Crippen molar-refractivity contribution in [1.82, 2.24) is 34.3 Å². The summed E-state index contributed by atoms with van der Waals surface area (Å²) in [4.78, 5) is 36.0. The van der Waals surface area contributed by atoms with Gasteiger partial charge in [0.25, 0.3) is 5.82 Å². The average Bonchev–Trinajstić information content (AvgIpc) is 3.64. The highest BCUT2D eigenvalue weighted by atomic mass is 19.4. The molecule has 0 saturated carbocycles. The van der Waals surface area contributed by atoms with Gasteiger partial charge < -0.3 is 9.64 Å². The monoisotopic (exact) mass is 631 g/mol. The minimum absolute atomic E-state index is 0.0385. The largest absolute Gasteiger partial charge is 0.463 e. The van der Waals surface area contributed by atoms with Gasteiger partial charge in [-0.2, -0.15) is 23.4 Å². The van der Waals surface area contributed by atoms with Gasteiger partial charge in [0.2, 0.25) is 11.9 Å². The average molecular weight is 632 g/mol. The van der Waals surface area contributed by atoms with Gasteiger partial charge in [-0.3, -0.25) is 10.1 Å². The summed E-state index contributed by atoms with van der Waals surface area (Å²) in [6.45, 7) is 2.37. The smallest absolute Gasteiger partial charge is 0.416 e. The Morgan fingerprint density at radius 3 is 2.48 bits per heavy atom. The number of carbonyl (C=O) groups excluding carboxylic acids is 2. The molecule has 0 radical (unpaired) electrons. The molecule has 0 saturated heterocycles. The third-order valence-electron chi connectivity index (χ3n) is 7.08. The van der Waals surface area contributed by atoms with Gasteiger partial charge in [-0.1, -0.05) is 12.1 Å². The second-order valence-corrected chi connectivity index (χ2v) is 10.6. The van der Waals surface area contributed by atoms with Crippen LogP contribution in [0.3, 0.4) is 0 Å². The Bertz CT molecular complexity index is 1970. The van der Waals surface area contributed by atoms with Crippen LogP contribution in [0, 0.1) is 18.3 Å². The molecule has 2 aromatic carbocycles.